The number of aliphatic hydroxyl groups excluding tert-OH is 1. The molecule has 1 aliphatic heterocycles. The van der Waals surface area contributed by atoms with Gasteiger partial charge < -0.3 is 9.84 Å². The van der Waals surface area contributed by atoms with Crippen LogP contribution < -0.4 is 4.74 Å². The third kappa shape index (κ3) is 4.38. The largest absolute Gasteiger partial charge is 0.492 e. The van der Waals surface area contributed by atoms with Crippen molar-refractivity contribution in [3.63, 3.8) is 0 Å². The molecule has 2 aromatic heterocycles. The van der Waals surface area contributed by atoms with Crippen molar-refractivity contribution in [1.29, 1.82) is 0 Å². The maximum Gasteiger partial charge on any atom is 0.162 e. The van der Waals surface area contributed by atoms with Crippen LogP contribution in [0.5, 0.6) is 5.75 Å². The Balaban J connectivity index is 1.31. The fourth-order valence-corrected chi connectivity index (χ4v) is 4.24. The summed E-state index contributed by atoms with van der Waals surface area (Å²) in [6, 6.07) is 16.0. The number of fused-ring (bicyclic) bond motifs is 1. The summed E-state index contributed by atoms with van der Waals surface area (Å²) in [5.74, 6) is 0.890. The van der Waals surface area contributed by atoms with Crippen LogP contribution in [0.2, 0.25) is 0 Å². The van der Waals surface area contributed by atoms with Crippen molar-refractivity contribution in [2.45, 2.75) is 25.9 Å². The van der Waals surface area contributed by atoms with E-state index in [4.69, 9.17) is 4.74 Å². The number of nitrogens with zero attached hydrogens (tertiary/aromatic N) is 4. The van der Waals surface area contributed by atoms with Crippen LogP contribution in [0.3, 0.4) is 0 Å². The lowest BCUT2D eigenvalue weighted by Crippen LogP contribution is -2.25. The predicted molar refractivity (Wildman–Crippen MR) is 126 cm³/mol. The van der Waals surface area contributed by atoms with Gasteiger partial charge in [0.05, 0.1) is 12.3 Å². The molecule has 4 aromatic rings. The summed E-state index contributed by atoms with van der Waals surface area (Å²) in [6.45, 7) is 5.87. The molecule has 6 nitrogen and oxygen atoms in total. The molecular formula is C26H28N4O2. The van der Waals surface area contributed by atoms with Crippen molar-refractivity contribution < 1.29 is 9.84 Å². The number of ether oxygens (including phenoxy) is 1. The van der Waals surface area contributed by atoms with E-state index in [1.165, 1.54) is 25.9 Å². The van der Waals surface area contributed by atoms with Gasteiger partial charge in [-0.25, -0.2) is 9.50 Å². The van der Waals surface area contributed by atoms with Crippen LogP contribution in [-0.4, -0.2) is 50.8 Å². The maximum absolute atomic E-state index is 9.89. The minimum absolute atomic E-state index is 0.511. The van der Waals surface area contributed by atoms with Gasteiger partial charge in [-0.1, -0.05) is 30.3 Å². The number of benzene rings is 2. The van der Waals surface area contributed by atoms with Gasteiger partial charge >= 0.3 is 0 Å². The first-order valence-corrected chi connectivity index (χ1v) is 11.2. The van der Waals surface area contributed by atoms with Gasteiger partial charge in [0.15, 0.2) is 5.65 Å². The molecule has 32 heavy (non-hydrogen) atoms. The number of aromatic nitrogens is 3. The third-order valence-electron chi connectivity index (χ3n) is 6.10. The van der Waals surface area contributed by atoms with Gasteiger partial charge in [-0.05, 0) is 67.7 Å². The van der Waals surface area contributed by atoms with E-state index in [2.05, 4.69) is 27.1 Å². The normalized spacial score (nSPS) is 15.3. The van der Waals surface area contributed by atoms with Gasteiger partial charge in [-0.3, -0.25) is 4.90 Å². The summed E-state index contributed by atoms with van der Waals surface area (Å²) in [4.78, 5) is 7.14. The molecule has 2 aromatic carbocycles. The summed E-state index contributed by atoms with van der Waals surface area (Å²) in [5, 5.41) is 14.4. The highest BCUT2D eigenvalue weighted by molar-refractivity contribution is 5.78. The first-order valence-electron chi connectivity index (χ1n) is 11.2. The highest BCUT2D eigenvalue weighted by Gasteiger charge is 2.12. The summed E-state index contributed by atoms with van der Waals surface area (Å²) in [6.07, 6.45) is 7.79. The van der Waals surface area contributed by atoms with Crippen molar-refractivity contribution in [2.24, 2.45) is 0 Å². The van der Waals surface area contributed by atoms with E-state index >= 15 is 0 Å². The minimum atomic E-state index is -0.511. The third-order valence-corrected chi connectivity index (χ3v) is 6.10. The molecule has 0 amide bonds. The number of likely N-dealkylation sites (tertiary alicyclic amines) is 1. The molecule has 1 saturated heterocycles. The van der Waals surface area contributed by atoms with Crippen LogP contribution in [0, 0.1) is 0 Å². The molecule has 164 valence electrons. The molecule has 0 bridgehead atoms. The lowest BCUT2D eigenvalue weighted by atomic mass is 10.0. The Hall–Kier alpha value is -3.22. The monoisotopic (exact) mass is 428 g/mol. The summed E-state index contributed by atoms with van der Waals surface area (Å²) in [5.41, 5.74) is 5.67. The lowest BCUT2D eigenvalue weighted by Gasteiger charge is -2.15. The molecule has 5 rings (SSSR count). The molecule has 1 fully saturated rings. The Morgan fingerprint density at radius 3 is 2.59 bits per heavy atom. The molecule has 1 unspecified atom stereocenters. The lowest BCUT2D eigenvalue weighted by molar-refractivity contribution is 0.199. The van der Waals surface area contributed by atoms with Crippen molar-refractivity contribution >= 4 is 5.65 Å². The molecular weight excluding hydrogens is 400 g/mol. The smallest absolute Gasteiger partial charge is 0.162 e. The Kier molecular flexibility index (Phi) is 5.88. The van der Waals surface area contributed by atoms with Gasteiger partial charge in [0.25, 0.3) is 0 Å². The van der Waals surface area contributed by atoms with E-state index in [1.807, 2.05) is 55.0 Å². The first-order chi connectivity index (χ1) is 15.7. The summed E-state index contributed by atoms with van der Waals surface area (Å²) < 4.78 is 7.72. The maximum atomic E-state index is 9.89. The van der Waals surface area contributed by atoms with Gasteiger partial charge in [0, 0.05) is 30.1 Å². The zero-order valence-electron chi connectivity index (χ0n) is 18.3. The molecule has 3 heterocycles. The Labute approximate surface area is 188 Å². The Bertz CT molecular complexity index is 1190. The highest BCUT2D eigenvalue weighted by atomic mass is 16.5. The number of hydrogen-bond donors (Lipinski definition) is 1. The fraction of sp³-hybridized carbons (Fsp3) is 0.308. The topological polar surface area (TPSA) is 62.9 Å². The standard InChI is InChI=1S/C26H28N4O2/c1-19(31)21-5-4-6-22(15-21)25-17-28-30-18-23(16-27-26(25)30)20-7-9-24(10-8-20)32-14-13-29-11-2-3-12-29/h4-10,15-19,31H,2-3,11-14H2,1H3. The molecule has 0 saturated carbocycles. The zero-order chi connectivity index (χ0) is 21.9. The van der Waals surface area contributed by atoms with E-state index in [1.54, 1.807) is 11.4 Å². The molecule has 0 spiro atoms. The van der Waals surface area contributed by atoms with Crippen LogP contribution in [0.15, 0.2) is 67.1 Å². The first kappa shape index (κ1) is 20.7. The van der Waals surface area contributed by atoms with Crippen molar-refractivity contribution in [2.75, 3.05) is 26.2 Å². The second kappa shape index (κ2) is 9.10. The van der Waals surface area contributed by atoms with Gasteiger partial charge in [-0.15, -0.1) is 0 Å². The van der Waals surface area contributed by atoms with E-state index in [-0.39, 0.29) is 0 Å². The van der Waals surface area contributed by atoms with Crippen molar-refractivity contribution in [1.82, 2.24) is 19.5 Å². The number of hydrogen-bond acceptors (Lipinski definition) is 5. The number of aliphatic hydroxyl groups is 1. The van der Waals surface area contributed by atoms with E-state index < -0.39 is 6.10 Å². The highest BCUT2D eigenvalue weighted by Crippen LogP contribution is 2.28. The van der Waals surface area contributed by atoms with E-state index in [0.717, 1.165) is 52.4 Å². The van der Waals surface area contributed by atoms with Crippen LogP contribution in [0.25, 0.3) is 27.9 Å². The minimum Gasteiger partial charge on any atom is -0.492 e. The SMILES string of the molecule is CC(O)c1cccc(-c2cnn3cc(-c4ccc(OCCN5CCCC5)cc4)cnc23)c1. The Morgan fingerprint density at radius 1 is 1.00 bits per heavy atom. The van der Waals surface area contributed by atoms with Crippen LogP contribution in [0.4, 0.5) is 0 Å². The molecule has 1 atom stereocenters. The zero-order valence-corrected chi connectivity index (χ0v) is 18.3. The van der Waals surface area contributed by atoms with Crippen molar-refractivity contribution in [3.05, 3.63) is 72.7 Å². The molecule has 0 aliphatic carbocycles. The molecule has 1 aliphatic rings. The Morgan fingerprint density at radius 2 is 1.81 bits per heavy atom. The summed E-state index contributed by atoms with van der Waals surface area (Å²) in [7, 11) is 0. The van der Waals surface area contributed by atoms with Crippen molar-refractivity contribution in [3.8, 4) is 28.0 Å². The van der Waals surface area contributed by atoms with Gasteiger partial charge in [0.2, 0.25) is 0 Å². The average molecular weight is 429 g/mol. The fourth-order valence-electron chi connectivity index (χ4n) is 4.24. The summed E-state index contributed by atoms with van der Waals surface area (Å²) >= 11 is 0. The van der Waals surface area contributed by atoms with Crippen LogP contribution in [0.1, 0.15) is 31.4 Å². The molecule has 1 N–H and O–H groups in total. The predicted octanol–water partition coefficient (Wildman–Crippen LogP) is 4.59. The van der Waals surface area contributed by atoms with Crippen LogP contribution >= 0.6 is 0 Å². The van der Waals surface area contributed by atoms with Gasteiger partial charge in [-0.2, -0.15) is 5.10 Å². The second-order valence-corrected chi connectivity index (χ2v) is 8.39. The quantitative estimate of drug-likeness (QED) is 0.466. The molecule has 0 radical (unpaired) electrons. The van der Waals surface area contributed by atoms with Crippen LogP contribution in [-0.2, 0) is 0 Å². The average Bonchev–Trinajstić information content (AvgIpc) is 3.49. The second-order valence-electron chi connectivity index (χ2n) is 8.39. The molecule has 6 heteroatoms. The number of rotatable bonds is 7. The van der Waals surface area contributed by atoms with E-state index in [9.17, 15) is 5.11 Å². The van der Waals surface area contributed by atoms with E-state index in [0.29, 0.717) is 0 Å². The van der Waals surface area contributed by atoms with Gasteiger partial charge in [0.1, 0.15) is 12.4 Å².